The third-order valence-corrected chi connectivity index (χ3v) is 8.96. The molecule has 8 aromatic rings. The highest BCUT2D eigenvalue weighted by molar-refractivity contribution is 6.09. The number of imidazole rings is 1. The van der Waals surface area contributed by atoms with Gasteiger partial charge in [-0.1, -0.05) is 119 Å². The summed E-state index contributed by atoms with van der Waals surface area (Å²) in [6.45, 7) is 9.11. The second-order valence-corrected chi connectivity index (χ2v) is 12.6. The molecular formula is C42H35N3O. The third-order valence-electron chi connectivity index (χ3n) is 8.96. The predicted molar refractivity (Wildman–Crippen MR) is 191 cm³/mol. The van der Waals surface area contributed by atoms with Gasteiger partial charge in [0.2, 0.25) is 0 Å². The summed E-state index contributed by atoms with van der Waals surface area (Å²) in [5.41, 5.74) is 12.4. The number of hydrogen-bond donors (Lipinski definition) is 0. The van der Waals surface area contributed by atoms with Crippen molar-refractivity contribution in [3.63, 3.8) is 0 Å². The number of para-hydroxylation sites is 2. The molecule has 46 heavy (non-hydrogen) atoms. The molecule has 0 aliphatic rings. The number of nitrogens with zero attached hydrogens (tertiary/aromatic N) is 3. The van der Waals surface area contributed by atoms with Crippen LogP contribution in [0.5, 0.6) is 0 Å². The quantitative estimate of drug-likeness (QED) is 0.191. The Balaban J connectivity index is 1.50. The molecule has 0 amide bonds. The molecule has 0 fully saturated rings. The van der Waals surface area contributed by atoms with Crippen LogP contribution in [-0.4, -0.2) is 14.5 Å². The Hall–Kier alpha value is -5.48. The van der Waals surface area contributed by atoms with Crippen LogP contribution in [0.2, 0.25) is 0 Å². The maximum atomic E-state index is 6.58. The van der Waals surface area contributed by atoms with Crippen molar-refractivity contribution in [1.29, 1.82) is 0 Å². The number of hydrogen-bond acceptors (Lipinski definition) is 3. The van der Waals surface area contributed by atoms with Crippen LogP contribution < -0.4 is 0 Å². The van der Waals surface area contributed by atoms with Gasteiger partial charge < -0.3 is 4.42 Å². The third kappa shape index (κ3) is 4.60. The van der Waals surface area contributed by atoms with Crippen LogP contribution in [-0.2, 0) is 0 Å². The summed E-state index contributed by atoms with van der Waals surface area (Å²) in [5.74, 6) is 1.33. The van der Waals surface area contributed by atoms with Crippen molar-refractivity contribution in [3.05, 3.63) is 139 Å². The van der Waals surface area contributed by atoms with E-state index in [1.807, 2.05) is 18.2 Å². The van der Waals surface area contributed by atoms with Crippen molar-refractivity contribution in [2.45, 2.75) is 39.5 Å². The van der Waals surface area contributed by atoms with Gasteiger partial charge >= 0.3 is 0 Å². The summed E-state index contributed by atoms with van der Waals surface area (Å²) in [5, 5.41) is 2.18. The minimum absolute atomic E-state index is 0.251. The molecule has 0 saturated heterocycles. The van der Waals surface area contributed by atoms with Gasteiger partial charge in [0.05, 0.1) is 16.9 Å². The molecule has 0 aliphatic heterocycles. The number of fused-ring (bicyclic) bond motifs is 4. The number of benzene rings is 5. The molecular weight excluding hydrogens is 562 g/mol. The van der Waals surface area contributed by atoms with Crippen LogP contribution in [0.4, 0.5) is 0 Å². The Morgan fingerprint density at radius 2 is 1.20 bits per heavy atom. The Labute approximate surface area is 269 Å². The minimum Gasteiger partial charge on any atom is -0.455 e. The van der Waals surface area contributed by atoms with Gasteiger partial charge in [0.25, 0.3) is 0 Å². The smallest absolute Gasteiger partial charge is 0.165 e. The number of aromatic nitrogens is 3. The van der Waals surface area contributed by atoms with E-state index >= 15 is 0 Å². The Morgan fingerprint density at radius 1 is 0.565 bits per heavy atom. The summed E-state index contributed by atoms with van der Waals surface area (Å²) in [4.78, 5) is 10.7. The molecule has 0 N–H and O–H groups in total. The summed E-state index contributed by atoms with van der Waals surface area (Å²) >= 11 is 0. The second-order valence-electron chi connectivity index (χ2n) is 12.6. The van der Waals surface area contributed by atoms with E-state index in [1.165, 1.54) is 22.3 Å². The average Bonchev–Trinajstić information content (AvgIpc) is 3.66. The summed E-state index contributed by atoms with van der Waals surface area (Å²) in [6, 6.07) is 44.6. The molecule has 0 saturated carbocycles. The standard InChI is InChI=1S/C42H35N3O/c1-26(2)34-24-30(28-14-7-5-8-15-28)25-35(27(3)4)39(34)45-41(33-20-13-19-32-31-18-11-12-21-38(31)46-40(32)33)44-37-23-22-36(43-42(37)45)29-16-9-6-10-17-29/h5-27H,1-4H3. The zero-order valence-corrected chi connectivity index (χ0v) is 26.5. The second kappa shape index (κ2) is 11.1. The highest BCUT2D eigenvalue weighted by Gasteiger charge is 2.26. The van der Waals surface area contributed by atoms with Crippen LogP contribution in [0.15, 0.2) is 132 Å². The molecule has 4 heteroatoms. The van der Waals surface area contributed by atoms with E-state index in [0.717, 1.165) is 61.4 Å². The monoisotopic (exact) mass is 597 g/mol. The van der Waals surface area contributed by atoms with Gasteiger partial charge in [0.1, 0.15) is 16.7 Å². The van der Waals surface area contributed by atoms with E-state index < -0.39 is 0 Å². The number of rotatable bonds is 6. The Kier molecular flexibility index (Phi) is 6.79. The fourth-order valence-corrected chi connectivity index (χ4v) is 6.66. The van der Waals surface area contributed by atoms with Crippen LogP contribution >= 0.6 is 0 Å². The van der Waals surface area contributed by atoms with Gasteiger partial charge in [-0.3, -0.25) is 4.57 Å². The van der Waals surface area contributed by atoms with Crippen LogP contribution in [0.3, 0.4) is 0 Å². The first kappa shape index (κ1) is 28.0. The van der Waals surface area contributed by atoms with Crippen LogP contribution in [0.1, 0.15) is 50.7 Å². The van der Waals surface area contributed by atoms with Gasteiger partial charge in [-0.25, -0.2) is 9.97 Å². The largest absolute Gasteiger partial charge is 0.455 e. The summed E-state index contributed by atoms with van der Waals surface area (Å²) < 4.78 is 8.89. The highest BCUT2D eigenvalue weighted by atomic mass is 16.3. The lowest BCUT2D eigenvalue weighted by atomic mass is 9.88. The fourth-order valence-electron chi connectivity index (χ4n) is 6.66. The normalized spacial score (nSPS) is 11.9. The molecule has 4 nitrogen and oxygen atoms in total. The summed E-state index contributed by atoms with van der Waals surface area (Å²) in [7, 11) is 0. The molecule has 0 unspecified atom stereocenters. The van der Waals surface area contributed by atoms with E-state index in [-0.39, 0.29) is 11.8 Å². The first-order chi connectivity index (χ1) is 22.5. The number of pyridine rings is 1. The topological polar surface area (TPSA) is 43.9 Å². The first-order valence-electron chi connectivity index (χ1n) is 16.1. The lowest BCUT2D eigenvalue weighted by Gasteiger charge is -2.24. The molecule has 224 valence electrons. The highest BCUT2D eigenvalue weighted by Crippen LogP contribution is 2.42. The Bertz CT molecular complexity index is 2330. The molecule has 0 aliphatic carbocycles. The van der Waals surface area contributed by atoms with Gasteiger partial charge in [-0.15, -0.1) is 0 Å². The Morgan fingerprint density at radius 3 is 1.89 bits per heavy atom. The molecule has 0 radical (unpaired) electrons. The van der Waals surface area contributed by atoms with Crippen molar-refractivity contribution in [2.24, 2.45) is 0 Å². The lowest BCUT2D eigenvalue weighted by Crippen LogP contribution is -2.10. The molecule has 0 spiro atoms. The summed E-state index contributed by atoms with van der Waals surface area (Å²) in [6.07, 6.45) is 0. The maximum absolute atomic E-state index is 6.58. The van der Waals surface area contributed by atoms with E-state index in [9.17, 15) is 0 Å². The number of furan rings is 1. The molecule has 0 bridgehead atoms. The SMILES string of the molecule is CC(C)c1cc(-c2ccccc2)cc(C(C)C)c1-n1c(-c2cccc3c2oc2ccccc23)nc2ccc(-c3ccccc3)nc21. The van der Waals surface area contributed by atoms with Crippen molar-refractivity contribution in [1.82, 2.24) is 14.5 Å². The molecule has 5 aromatic carbocycles. The molecule has 0 atom stereocenters. The predicted octanol–water partition coefficient (Wildman–Crippen LogP) is 11.6. The van der Waals surface area contributed by atoms with Crippen molar-refractivity contribution < 1.29 is 4.42 Å². The molecule has 3 heterocycles. The van der Waals surface area contributed by atoms with Crippen LogP contribution in [0, 0.1) is 0 Å². The van der Waals surface area contributed by atoms with Crippen molar-refractivity contribution in [3.8, 4) is 39.5 Å². The zero-order valence-electron chi connectivity index (χ0n) is 26.5. The van der Waals surface area contributed by atoms with E-state index in [4.69, 9.17) is 14.4 Å². The molecule has 8 rings (SSSR count). The lowest BCUT2D eigenvalue weighted by molar-refractivity contribution is 0.669. The van der Waals surface area contributed by atoms with Crippen molar-refractivity contribution >= 4 is 33.1 Å². The average molecular weight is 598 g/mol. The van der Waals surface area contributed by atoms with E-state index in [1.54, 1.807) is 0 Å². The van der Waals surface area contributed by atoms with E-state index in [2.05, 4.69) is 141 Å². The van der Waals surface area contributed by atoms with Crippen molar-refractivity contribution in [2.75, 3.05) is 0 Å². The first-order valence-corrected chi connectivity index (χ1v) is 16.1. The van der Waals surface area contributed by atoms with Gasteiger partial charge in [0, 0.05) is 16.3 Å². The van der Waals surface area contributed by atoms with E-state index in [0.29, 0.717) is 0 Å². The fraction of sp³-hybridized carbons (Fsp3) is 0.143. The van der Waals surface area contributed by atoms with Gasteiger partial charge in [0.15, 0.2) is 11.5 Å². The molecule has 3 aromatic heterocycles. The minimum atomic E-state index is 0.251. The maximum Gasteiger partial charge on any atom is 0.165 e. The zero-order chi connectivity index (χ0) is 31.4. The van der Waals surface area contributed by atoms with Gasteiger partial charge in [-0.05, 0) is 70.5 Å². The van der Waals surface area contributed by atoms with Crippen LogP contribution in [0.25, 0.3) is 72.6 Å². The van der Waals surface area contributed by atoms with Gasteiger partial charge in [-0.2, -0.15) is 0 Å².